The molecule has 4 aliphatic carbocycles. The Bertz CT molecular complexity index is 624. The normalized spacial score (nSPS) is 35.2. The van der Waals surface area contributed by atoms with Crippen LogP contribution in [-0.2, 0) is 4.74 Å². The molecule has 1 atom stereocenters. The van der Waals surface area contributed by atoms with Crippen LogP contribution >= 0.6 is 0 Å². The molecule has 1 aromatic rings. The van der Waals surface area contributed by atoms with Gasteiger partial charge in [0, 0.05) is 45.5 Å². The maximum absolute atomic E-state index is 10.5. The van der Waals surface area contributed by atoms with Crippen LogP contribution in [0.4, 0.5) is 5.82 Å². The molecular formula is C24H37N3O2. The van der Waals surface area contributed by atoms with Crippen LogP contribution in [0.2, 0.25) is 0 Å². The van der Waals surface area contributed by atoms with Crippen molar-refractivity contribution in [1.29, 1.82) is 0 Å². The first-order chi connectivity index (χ1) is 14.2. The molecule has 5 aliphatic rings. The van der Waals surface area contributed by atoms with Crippen molar-refractivity contribution in [2.75, 3.05) is 50.8 Å². The van der Waals surface area contributed by atoms with Crippen LogP contribution in [0, 0.1) is 23.2 Å². The van der Waals surface area contributed by atoms with Crippen molar-refractivity contribution < 1.29 is 9.84 Å². The smallest absolute Gasteiger partial charge is 0.128 e. The lowest BCUT2D eigenvalue weighted by Gasteiger charge is -2.57. The van der Waals surface area contributed by atoms with Gasteiger partial charge in [-0.15, -0.1) is 0 Å². The Morgan fingerprint density at radius 1 is 1.03 bits per heavy atom. The number of pyridine rings is 1. The predicted molar refractivity (Wildman–Crippen MR) is 115 cm³/mol. The molecule has 160 valence electrons. The summed E-state index contributed by atoms with van der Waals surface area (Å²) < 4.78 is 5.97. The summed E-state index contributed by atoms with van der Waals surface area (Å²) in [5.41, 5.74) is 0.585. The third kappa shape index (κ3) is 4.62. The van der Waals surface area contributed by atoms with E-state index in [1.54, 1.807) is 0 Å². The molecule has 5 fully saturated rings. The van der Waals surface area contributed by atoms with Crippen molar-refractivity contribution in [3.05, 3.63) is 24.4 Å². The average molecular weight is 400 g/mol. The van der Waals surface area contributed by atoms with E-state index < -0.39 is 0 Å². The standard InChI is InChI=1S/C24H37N3O2/c28-22(17-26-6-8-27(9-7-26)23-3-1-2-5-25-23)18-29-10-4-24-14-19-11-20(15-24)13-21(12-19)16-24/h1-3,5,19-22,28H,4,6-18H2. The highest BCUT2D eigenvalue weighted by molar-refractivity contribution is 5.38. The Balaban J connectivity index is 0.995. The average Bonchev–Trinajstić information content (AvgIpc) is 2.71. The third-order valence-electron chi connectivity index (χ3n) is 8.07. The van der Waals surface area contributed by atoms with Crippen molar-refractivity contribution in [3.8, 4) is 0 Å². The maximum Gasteiger partial charge on any atom is 0.128 e. The molecule has 4 saturated carbocycles. The number of β-amino-alcohol motifs (C(OH)–C–C–N with tert-alkyl or cyclic N) is 1. The van der Waals surface area contributed by atoms with E-state index in [0.717, 1.165) is 56.4 Å². The molecule has 5 nitrogen and oxygen atoms in total. The first-order valence-corrected chi connectivity index (χ1v) is 11.8. The van der Waals surface area contributed by atoms with Gasteiger partial charge in [-0.2, -0.15) is 0 Å². The second-order valence-electron chi connectivity index (χ2n) is 10.4. The third-order valence-corrected chi connectivity index (χ3v) is 8.07. The number of piperazine rings is 1. The highest BCUT2D eigenvalue weighted by Gasteiger charge is 2.50. The van der Waals surface area contributed by atoms with Gasteiger partial charge in [0.15, 0.2) is 0 Å². The highest BCUT2D eigenvalue weighted by Crippen LogP contribution is 2.61. The van der Waals surface area contributed by atoms with Crippen molar-refractivity contribution in [3.63, 3.8) is 0 Å². The molecule has 2 heterocycles. The van der Waals surface area contributed by atoms with Gasteiger partial charge < -0.3 is 14.7 Å². The lowest BCUT2D eigenvalue weighted by molar-refractivity contribution is -0.0741. The summed E-state index contributed by atoms with van der Waals surface area (Å²) in [6.07, 6.45) is 11.6. The zero-order chi connectivity index (χ0) is 19.7. The van der Waals surface area contributed by atoms with Crippen molar-refractivity contribution >= 4 is 5.82 Å². The molecular weight excluding hydrogens is 362 g/mol. The Morgan fingerprint density at radius 2 is 1.72 bits per heavy atom. The van der Waals surface area contributed by atoms with Crippen LogP contribution in [0.3, 0.4) is 0 Å². The number of aromatic nitrogens is 1. The molecule has 6 rings (SSSR count). The van der Waals surface area contributed by atoms with Gasteiger partial charge in [-0.1, -0.05) is 6.07 Å². The molecule has 0 spiro atoms. The van der Waals surface area contributed by atoms with Gasteiger partial charge in [0.05, 0.1) is 12.7 Å². The molecule has 0 radical (unpaired) electrons. The summed E-state index contributed by atoms with van der Waals surface area (Å²) in [7, 11) is 0. The van der Waals surface area contributed by atoms with E-state index in [0.29, 0.717) is 18.6 Å². The molecule has 1 saturated heterocycles. The van der Waals surface area contributed by atoms with E-state index in [-0.39, 0.29) is 6.10 Å². The Kier molecular flexibility index (Phi) is 5.81. The summed E-state index contributed by atoms with van der Waals surface area (Å²) >= 11 is 0. The van der Waals surface area contributed by atoms with Gasteiger partial charge in [-0.3, -0.25) is 4.90 Å². The summed E-state index contributed by atoms with van der Waals surface area (Å²) in [5.74, 6) is 4.09. The lowest BCUT2D eigenvalue weighted by atomic mass is 9.49. The van der Waals surface area contributed by atoms with Gasteiger partial charge in [-0.25, -0.2) is 4.98 Å². The van der Waals surface area contributed by atoms with Gasteiger partial charge in [-0.05, 0) is 80.2 Å². The zero-order valence-electron chi connectivity index (χ0n) is 17.7. The van der Waals surface area contributed by atoms with Gasteiger partial charge in [0.25, 0.3) is 0 Å². The molecule has 1 aliphatic heterocycles. The first-order valence-electron chi connectivity index (χ1n) is 11.8. The number of rotatable bonds is 8. The van der Waals surface area contributed by atoms with Crippen LogP contribution in [-0.4, -0.2) is 67.0 Å². The predicted octanol–water partition coefficient (Wildman–Crippen LogP) is 3.19. The van der Waals surface area contributed by atoms with Crippen molar-refractivity contribution in [1.82, 2.24) is 9.88 Å². The molecule has 1 unspecified atom stereocenters. The van der Waals surface area contributed by atoms with Gasteiger partial charge in [0.1, 0.15) is 5.82 Å². The van der Waals surface area contributed by atoms with Crippen molar-refractivity contribution in [2.45, 2.75) is 51.0 Å². The fourth-order valence-corrected chi connectivity index (χ4v) is 7.16. The molecule has 0 amide bonds. The number of hydrogen-bond donors (Lipinski definition) is 1. The maximum atomic E-state index is 10.5. The van der Waals surface area contributed by atoms with Crippen LogP contribution < -0.4 is 4.90 Å². The van der Waals surface area contributed by atoms with E-state index in [4.69, 9.17) is 4.74 Å². The van der Waals surface area contributed by atoms with E-state index >= 15 is 0 Å². The van der Waals surface area contributed by atoms with E-state index in [1.165, 1.54) is 44.9 Å². The Hall–Kier alpha value is -1.17. The minimum absolute atomic E-state index is 0.382. The molecule has 1 N–H and O–H groups in total. The number of aliphatic hydroxyl groups is 1. The minimum Gasteiger partial charge on any atom is -0.389 e. The second kappa shape index (κ2) is 8.52. The SMILES string of the molecule is OC(COCCC12CC3CC(CC(C3)C1)C2)CN1CCN(c2ccccn2)CC1. The summed E-state index contributed by atoms with van der Waals surface area (Å²) in [6, 6.07) is 6.07. The minimum atomic E-state index is -0.382. The fraction of sp³-hybridized carbons (Fsp3) is 0.792. The Labute approximate surface area is 175 Å². The summed E-state index contributed by atoms with van der Waals surface area (Å²) in [5, 5.41) is 10.5. The molecule has 5 heteroatoms. The summed E-state index contributed by atoms with van der Waals surface area (Å²) in [6.45, 7) is 5.91. The number of hydrogen-bond acceptors (Lipinski definition) is 5. The highest BCUT2D eigenvalue weighted by atomic mass is 16.5. The van der Waals surface area contributed by atoms with E-state index in [1.807, 2.05) is 18.3 Å². The molecule has 0 aromatic carbocycles. The lowest BCUT2D eigenvalue weighted by Crippen LogP contribution is -2.49. The van der Waals surface area contributed by atoms with Crippen LogP contribution in [0.5, 0.6) is 0 Å². The number of aliphatic hydroxyl groups excluding tert-OH is 1. The van der Waals surface area contributed by atoms with Gasteiger partial charge in [0.2, 0.25) is 0 Å². The Morgan fingerprint density at radius 3 is 2.34 bits per heavy atom. The molecule has 4 bridgehead atoms. The summed E-state index contributed by atoms with van der Waals surface area (Å²) in [4.78, 5) is 9.12. The second-order valence-corrected chi connectivity index (χ2v) is 10.4. The van der Waals surface area contributed by atoms with Crippen LogP contribution in [0.1, 0.15) is 44.9 Å². The van der Waals surface area contributed by atoms with Gasteiger partial charge >= 0.3 is 0 Å². The number of anilines is 1. The van der Waals surface area contributed by atoms with E-state index in [9.17, 15) is 5.11 Å². The van der Waals surface area contributed by atoms with E-state index in [2.05, 4.69) is 20.9 Å². The largest absolute Gasteiger partial charge is 0.389 e. The van der Waals surface area contributed by atoms with Crippen LogP contribution in [0.25, 0.3) is 0 Å². The fourth-order valence-electron chi connectivity index (χ4n) is 7.16. The van der Waals surface area contributed by atoms with Crippen molar-refractivity contribution in [2.24, 2.45) is 23.2 Å². The molecule has 29 heavy (non-hydrogen) atoms. The first kappa shape index (κ1) is 19.8. The zero-order valence-corrected chi connectivity index (χ0v) is 17.7. The number of ether oxygens (including phenoxy) is 1. The van der Waals surface area contributed by atoms with Crippen LogP contribution in [0.15, 0.2) is 24.4 Å². The molecule has 1 aromatic heterocycles. The quantitative estimate of drug-likeness (QED) is 0.681. The monoisotopic (exact) mass is 399 g/mol. The topological polar surface area (TPSA) is 48.8 Å². The number of nitrogens with zero attached hydrogens (tertiary/aromatic N) is 3.